The molecule has 20 heavy (non-hydrogen) atoms. The van der Waals surface area contributed by atoms with Crippen LogP contribution in [0.5, 0.6) is 0 Å². The van der Waals surface area contributed by atoms with Gasteiger partial charge in [0.25, 0.3) is 0 Å². The van der Waals surface area contributed by atoms with Gasteiger partial charge in [0.1, 0.15) is 0 Å². The molecule has 1 aliphatic rings. The summed E-state index contributed by atoms with van der Waals surface area (Å²) in [6.45, 7) is 1.75. The van der Waals surface area contributed by atoms with Crippen LogP contribution in [-0.4, -0.2) is 32.2 Å². The highest BCUT2D eigenvalue weighted by Crippen LogP contribution is 2.14. The molecule has 3 N–H and O–H groups in total. The zero-order valence-electron chi connectivity index (χ0n) is 10.8. The molecule has 1 aromatic carbocycles. The highest BCUT2D eigenvalue weighted by molar-refractivity contribution is 7.94. The van der Waals surface area contributed by atoms with Gasteiger partial charge in [-0.15, -0.1) is 0 Å². The quantitative estimate of drug-likeness (QED) is 0.738. The maximum atomic E-state index is 12.1. The number of carbonyl (C=O) groups excluding carboxylic acids is 2. The Morgan fingerprint density at radius 2 is 1.90 bits per heavy atom. The second kappa shape index (κ2) is 5.49. The Kier molecular flexibility index (Phi) is 3.93. The molecule has 1 aromatic rings. The van der Waals surface area contributed by atoms with E-state index in [-0.39, 0.29) is 6.54 Å². The van der Waals surface area contributed by atoms with Crippen LogP contribution in [0.1, 0.15) is 12.5 Å². The monoisotopic (exact) mass is 297 g/mol. The van der Waals surface area contributed by atoms with Crippen LogP contribution in [0.25, 0.3) is 0 Å². The van der Waals surface area contributed by atoms with Gasteiger partial charge in [0, 0.05) is 12.2 Å². The summed E-state index contributed by atoms with van der Waals surface area (Å²) in [4.78, 5) is 22.5. The summed E-state index contributed by atoms with van der Waals surface area (Å²) < 4.78 is 26.6. The fourth-order valence-electron chi connectivity index (χ4n) is 1.81. The zero-order chi connectivity index (χ0) is 14.8. The van der Waals surface area contributed by atoms with Crippen LogP contribution in [0, 0.1) is 0 Å². The second-order valence-corrected chi connectivity index (χ2v) is 6.25. The van der Waals surface area contributed by atoms with Crippen LogP contribution in [0.3, 0.4) is 0 Å². The lowest BCUT2D eigenvalue weighted by Crippen LogP contribution is -2.58. The average molecular weight is 297 g/mol. The van der Waals surface area contributed by atoms with E-state index in [2.05, 4.69) is 10.0 Å². The summed E-state index contributed by atoms with van der Waals surface area (Å²) in [7, 11) is -3.91. The lowest BCUT2D eigenvalue weighted by molar-refractivity contribution is -0.120. The first-order valence-corrected chi connectivity index (χ1v) is 7.66. The van der Waals surface area contributed by atoms with Crippen LogP contribution in [0.4, 0.5) is 10.5 Å². The molecule has 2 rings (SSSR count). The normalized spacial score (nSPS) is 19.1. The molecule has 0 aliphatic carbocycles. The number of anilines is 1. The lowest BCUT2D eigenvalue weighted by atomic mass is 10.2. The van der Waals surface area contributed by atoms with Gasteiger partial charge in [-0.05, 0) is 24.1 Å². The number of imide groups is 1. The van der Waals surface area contributed by atoms with Crippen LogP contribution in [0.15, 0.2) is 24.3 Å². The second-order valence-electron chi connectivity index (χ2n) is 4.39. The number of rotatable bonds is 4. The Balaban J connectivity index is 2.14. The molecule has 3 amide bonds. The number of hydrogen-bond acceptors (Lipinski definition) is 4. The molecule has 1 aliphatic heterocycles. The number of nitrogens with one attached hydrogen (secondary N) is 3. The number of urea groups is 1. The standard InChI is InChI=1S/C12H15N3O4S/c1-2-8-3-5-9(6-4-8)15-20(18,19)10-7-13-12(17)14-11(10)16/h3-6,10,15H,2,7H2,1H3,(H2,13,14,16,17). The Bertz CT molecular complexity index is 625. The van der Waals surface area contributed by atoms with Crippen molar-refractivity contribution in [1.29, 1.82) is 0 Å². The third kappa shape index (κ3) is 3.08. The van der Waals surface area contributed by atoms with Crippen molar-refractivity contribution < 1.29 is 18.0 Å². The topological polar surface area (TPSA) is 104 Å². The van der Waals surface area contributed by atoms with E-state index in [0.29, 0.717) is 5.69 Å². The maximum absolute atomic E-state index is 12.1. The highest BCUT2D eigenvalue weighted by atomic mass is 32.2. The number of amides is 3. The van der Waals surface area contributed by atoms with E-state index in [1.54, 1.807) is 24.3 Å². The van der Waals surface area contributed by atoms with Gasteiger partial charge in [0.15, 0.2) is 5.25 Å². The van der Waals surface area contributed by atoms with Crippen molar-refractivity contribution in [2.24, 2.45) is 0 Å². The number of benzene rings is 1. The van der Waals surface area contributed by atoms with Gasteiger partial charge < -0.3 is 5.32 Å². The van der Waals surface area contributed by atoms with Crippen LogP contribution in [-0.2, 0) is 21.2 Å². The molecule has 0 bridgehead atoms. The van der Waals surface area contributed by atoms with Gasteiger partial charge >= 0.3 is 6.03 Å². The summed E-state index contributed by atoms with van der Waals surface area (Å²) in [5.41, 5.74) is 1.46. The number of aryl methyl sites for hydroxylation is 1. The molecule has 1 saturated heterocycles. The van der Waals surface area contributed by atoms with E-state index in [1.165, 1.54) is 0 Å². The van der Waals surface area contributed by atoms with Gasteiger partial charge in [0.2, 0.25) is 15.9 Å². The average Bonchev–Trinajstić information content (AvgIpc) is 2.38. The fraction of sp³-hybridized carbons (Fsp3) is 0.333. The van der Waals surface area contributed by atoms with E-state index in [1.807, 2.05) is 12.2 Å². The van der Waals surface area contributed by atoms with Crippen molar-refractivity contribution in [3.63, 3.8) is 0 Å². The van der Waals surface area contributed by atoms with Crippen molar-refractivity contribution in [2.75, 3.05) is 11.3 Å². The van der Waals surface area contributed by atoms with E-state index in [9.17, 15) is 18.0 Å². The molecule has 0 aromatic heterocycles. The SMILES string of the molecule is CCc1ccc(NS(=O)(=O)C2CNC(=O)NC2=O)cc1. The molecule has 7 nitrogen and oxygen atoms in total. The molecule has 108 valence electrons. The van der Waals surface area contributed by atoms with Gasteiger partial charge in [-0.3, -0.25) is 14.8 Å². The third-order valence-electron chi connectivity index (χ3n) is 2.97. The van der Waals surface area contributed by atoms with Gasteiger partial charge in [-0.1, -0.05) is 19.1 Å². The van der Waals surface area contributed by atoms with Crippen LogP contribution < -0.4 is 15.4 Å². The first-order chi connectivity index (χ1) is 9.42. The van der Waals surface area contributed by atoms with E-state index in [4.69, 9.17) is 0 Å². The fourth-order valence-corrected chi connectivity index (χ4v) is 3.06. The Morgan fingerprint density at radius 1 is 1.25 bits per heavy atom. The van der Waals surface area contributed by atoms with Gasteiger partial charge in [0.05, 0.1) is 0 Å². The zero-order valence-corrected chi connectivity index (χ0v) is 11.7. The minimum atomic E-state index is -3.91. The first-order valence-electron chi connectivity index (χ1n) is 6.11. The minimum absolute atomic E-state index is 0.243. The van der Waals surface area contributed by atoms with Gasteiger partial charge in [-0.25, -0.2) is 13.2 Å². The predicted molar refractivity (Wildman–Crippen MR) is 73.7 cm³/mol. The molecule has 0 saturated carbocycles. The largest absolute Gasteiger partial charge is 0.336 e. The molecular weight excluding hydrogens is 282 g/mol. The lowest BCUT2D eigenvalue weighted by Gasteiger charge is -2.22. The number of carbonyl (C=O) groups is 2. The smallest absolute Gasteiger partial charge is 0.321 e. The van der Waals surface area contributed by atoms with Gasteiger partial charge in [-0.2, -0.15) is 0 Å². The van der Waals surface area contributed by atoms with Crippen molar-refractivity contribution in [2.45, 2.75) is 18.6 Å². The first kappa shape index (κ1) is 14.3. The molecule has 0 radical (unpaired) electrons. The van der Waals surface area contributed by atoms with Crippen molar-refractivity contribution in [3.05, 3.63) is 29.8 Å². The highest BCUT2D eigenvalue weighted by Gasteiger charge is 2.37. The molecule has 1 atom stereocenters. The number of hydrogen-bond donors (Lipinski definition) is 3. The van der Waals surface area contributed by atoms with E-state index in [0.717, 1.165) is 12.0 Å². The van der Waals surface area contributed by atoms with E-state index < -0.39 is 27.2 Å². The Morgan fingerprint density at radius 3 is 2.45 bits per heavy atom. The van der Waals surface area contributed by atoms with Crippen molar-refractivity contribution >= 4 is 27.6 Å². The number of sulfonamides is 1. The third-order valence-corrected chi connectivity index (χ3v) is 4.62. The van der Waals surface area contributed by atoms with E-state index >= 15 is 0 Å². The predicted octanol–water partition coefficient (Wildman–Crippen LogP) is 0.199. The van der Waals surface area contributed by atoms with Crippen molar-refractivity contribution in [3.8, 4) is 0 Å². The summed E-state index contributed by atoms with van der Waals surface area (Å²) >= 11 is 0. The van der Waals surface area contributed by atoms with Crippen LogP contribution in [0.2, 0.25) is 0 Å². The summed E-state index contributed by atoms with van der Waals surface area (Å²) in [6.07, 6.45) is 0.851. The summed E-state index contributed by atoms with van der Waals surface area (Å²) in [6, 6.07) is 6.20. The Hall–Kier alpha value is -2.09. The van der Waals surface area contributed by atoms with Crippen molar-refractivity contribution in [1.82, 2.24) is 10.6 Å². The molecule has 8 heteroatoms. The molecule has 1 unspecified atom stereocenters. The molecule has 1 heterocycles. The molecule has 0 spiro atoms. The summed E-state index contributed by atoms with van der Waals surface area (Å²) in [5.74, 6) is -0.827. The maximum Gasteiger partial charge on any atom is 0.321 e. The Labute approximate surface area is 116 Å². The molecule has 1 fully saturated rings. The van der Waals surface area contributed by atoms with Crippen LogP contribution >= 0.6 is 0 Å². The molecular formula is C12H15N3O4S. The minimum Gasteiger partial charge on any atom is -0.336 e. The summed E-state index contributed by atoms with van der Waals surface area (Å²) in [5, 5.41) is 2.87.